The van der Waals surface area contributed by atoms with E-state index in [0.717, 1.165) is 67.9 Å². The van der Waals surface area contributed by atoms with Gasteiger partial charge in [-0.2, -0.15) is 0 Å². The molecule has 0 radical (unpaired) electrons. The molecular formula is C28H37N3O2. The standard InChI is InChI=1S/C28H37N3O2/c1-21-18-27(32)29-26-11-10-24(19-25(21)26)33-17-5-12-30-13-15-31(16-14-30)20-22-6-8-23(9-7-22)28(2,3)4/h6-11,18-19H,5,12-17,20H2,1-4H3,(H,29,32). The van der Waals surface area contributed by atoms with Crippen LogP contribution >= 0.6 is 0 Å². The highest BCUT2D eigenvalue weighted by Crippen LogP contribution is 2.23. The van der Waals surface area contributed by atoms with E-state index < -0.39 is 0 Å². The molecule has 5 nitrogen and oxygen atoms in total. The molecule has 0 amide bonds. The number of aryl methyl sites for hydroxylation is 1. The lowest BCUT2D eigenvalue weighted by molar-refractivity contribution is 0.121. The van der Waals surface area contributed by atoms with Gasteiger partial charge in [0.15, 0.2) is 0 Å². The first-order valence-corrected chi connectivity index (χ1v) is 12.1. The lowest BCUT2D eigenvalue weighted by Gasteiger charge is -2.34. The normalized spacial score (nSPS) is 15.8. The summed E-state index contributed by atoms with van der Waals surface area (Å²) in [4.78, 5) is 19.6. The molecule has 1 aromatic heterocycles. The molecule has 3 aromatic rings. The SMILES string of the molecule is Cc1cc(=O)[nH]c2ccc(OCCCN3CCN(Cc4ccc(C(C)(C)C)cc4)CC3)cc12. The van der Waals surface area contributed by atoms with Gasteiger partial charge in [-0.05, 0) is 53.6 Å². The maximum absolute atomic E-state index is 11.6. The van der Waals surface area contributed by atoms with Crippen LogP contribution in [-0.4, -0.2) is 54.1 Å². The van der Waals surface area contributed by atoms with Crippen LogP contribution in [-0.2, 0) is 12.0 Å². The van der Waals surface area contributed by atoms with Gasteiger partial charge in [0.2, 0.25) is 5.56 Å². The van der Waals surface area contributed by atoms with Gasteiger partial charge in [-0.3, -0.25) is 9.69 Å². The molecule has 1 saturated heterocycles. The van der Waals surface area contributed by atoms with Crippen LogP contribution < -0.4 is 10.3 Å². The van der Waals surface area contributed by atoms with Crippen LogP contribution in [0.1, 0.15) is 43.9 Å². The average molecular weight is 448 g/mol. The van der Waals surface area contributed by atoms with Crippen LogP contribution in [0.15, 0.2) is 53.3 Å². The van der Waals surface area contributed by atoms with Crippen molar-refractivity contribution in [2.45, 2.75) is 46.1 Å². The number of fused-ring (bicyclic) bond motifs is 1. The predicted molar refractivity (Wildman–Crippen MR) is 136 cm³/mol. The van der Waals surface area contributed by atoms with Gasteiger partial charge in [0.05, 0.1) is 6.61 Å². The number of pyridine rings is 1. The molecule has 0 atom stereocenters. The van der Waals surface area contributed by atoms with Gasteiger partial charge >= 0.3 is 0 Å². The van der Waals surface area contributed by atoms with Gasteiger partial charge in [-0.25, -0.2) is 0 Å². The van der Waals surface area contributed by atoms with Crippen LogP contribution in [0.3, 0.4) is 0 Å². The third-order valence-corrected chi connectivity index (χ3v) is 6.60. The number of benzene rings is 2. The third-order valence-electron chi connectivity index (χ3n) is 6.60. The van der Waals surface area contributed by atoms with Crippen molar-refractivity contribution >= 4 is 10.9 Å². The summed E-state index contributed by atoms with van der Waals surface area (Å²) in [5.41, 5.74) is 4.78. The number of rotatable bonds is 7. The molecule has 0 bridgehead atoms. The van der Waals surface area contributed by atoms with Gasteiger partial charge < -0.3 is 14.6 Å². The summed E-state index contributed by atoms with van der Waals surface area (Å²) in [6.45, 7) is 16.0. The Labute approximate surface area is 197 Å². The van der Waals surface area contributed by atoms with Crippen molar-refractivity contribution < 1.29 is 4.74 Å². The molecule has 1 aliphatic rings. The molecule has 1 aliphatic heterocycles. The highest BCUT2D eigenvalue weighted by Gasteiger charge is 2.17. The molecule has 2 heterocycles. The first-order valence-electron chi connectivity index (χ1n) is 12.1. The number of hydrogen-bond acceptors (Lipinski definition) is 4. The van der Waals surface area contributed by atoms with Crippen molar-refractivity contribution in [1.82, 2.24) is 14.8 Å². The number of piperazine rings is 1. The lowest BCUT2D eigenvalue weighted by atomic mass is 9.87. The highest BCUT2D eigenvalue weighted by molar-refractivity contribution is 5.83. The molecule has 5 heteroatoms. The summed E-state index contributed by atoms with van der Waals surface area (Å²) < 4.78 is 5.99. The second kappa shape index (κ2) is 10.1. The predicted octanol–water partition coefficient (Wildman–Crippen LogP) is 4.72. The van der Waals surface area contributed by atoms with E-state index >= 15 is 0 Å². The molecule has 2 aromatic carbocycles. The molecule has 0 unspecified atom stereocenters. The Bertz CT molecular complexity index is 1120. The summed E-state index contributed by atoms with van der Waals surface area (Å²) in [6, 6.07) is 16.6. The fraction of sp³-hybridized carbons (Fsp3) is 0.464. The van der Waals surface area contributed by atoms with Gasteiger partial charge in [-0.1, -0.05) is 45.0 Å². The molecular weight excluding hydrogens is 410 g/mol. The quantitative estimate of drug-likeness (QED) is 0.533. The first kappa shape index (κ1) is 23.5. The zero-order valence-electron chi connectivity index (χ0n) is 20.5. The van der Waals surface area contributed by atoms with Crippen LogP contribution in [0.25, 0.3) is 10.9 Å². The number of H-pyrrole nitrogens is 1. The smallest absolute Gasteiger partial charge is 0.248 e. The van der Waals surface area contributed by atoms with Crippen molar-refractivity contribution in [3.63, 3.8) is 0 Å². The van der Waals surface area contributed by atoms with Gasteiger partial charge in [0.1, 0.15) is 5.75 Å². The lowest BCUT2D eigenvalue weighted by Crippen LogP contribution is -2.46. The number of nitrogens with zero attached hydrogens (tertiary/aromatic N) is 2. The molecule has 4 rings (SSSR count). The molecule has 1 N–H and O–H groups in total. The van der Waals surface area contributed by atoms with Crippen molar-refractivity contribution in [3.8, 4) is 5.75 Å². The fourth-order valence-corrected chi connectivity index (χ4v) is 4.51. The molecule has 33 heavy (non-hydrogen) atoms. The third kappa shape index (κ3) is 6.24. The maximum atomic E-state index is 11.6. The van der Waals surface area contributed by atoms with Crippen LogP contribution in [0, 0.1) is 6.92 Å². The number of ether oxygens (including phenoxy) is 1. The zero-order chi connectivity index (χ0) is 23.4. The molecule has 176 valence electrons. The number of aromatic nitrogens is 1. The minimum absolute atomic E-state index is 0.0628. The van der Waals surface area contributed by atoms with Crippen LogP contribution in [0.4, 0.5) is 0 Å². The van der Waals surface area contributed by atoms with Gasteiger partial charge in [-0.15, -0.1) is 0 Å². The number of hydrogen-bond donors (Lipinski definition) is 1. The van der Waals surface area contributed by atoms with E-state index in [1.807, 2.05) is 25.1 Å². The van der Waals surface area contributed by atoms with E-state index in [2.05, 4.69) is 59.8 Å². The Kier molecular flexibility index (Phi) is 7.20. The minimum atomic E-state index is -0.0628. The Balaban J connectivity index is 1.18. The summed E-state index contributed by atoms with van der Waals surface area (Å²) in [5, 5.41) is 1.04. The van der Waals surface area contributed by atoms with E-state index in [0.29, 0.717) is 6.61 Å². The monoisotopic (exact) mass is 447 g/mol. The molecule has 1 fully saturated rings. The van der Waals surface area contributed by atoms with E-state index in [1.54, 1.807) is 6.07 Å². The summed E-state index contributed by atoms with van der Waals surface area (Å²) >= 11 is 0. The van der Waals surface area contributed by atoms with E-state index in [4.69, 9.17) is 4.74 Å². The van der Waals surface area contributed by atoms with E-state index in [9.17, 15) is 4.79 Å². The van der Waals surface area contributed by atoms with Gasteiger partial charge in [0.25, 0.3) is 0 Å². The number of aromatic amines is 1. The largest absolute Gasteiger partial charge is 0.494 e. The summed E-state index contributed by atoms with van der Waals surface area (Å²) in [7, 11) is 0. The van der Waals surface area contributed by atoms with Crippen LogP contribution in [0.5, 0.6) is 5.75 Å². The van der Waals surface area contributed by atoms with Gasteiger partial charge in [0, 0.05) is 56.2 Å². The topological polar surface area (TPSA) is 48.6 Å². The summed E-state index contributed by atoms with van der Waals surface area (Å²) in [5.74, 6) is 0.861. The van der Waals surface area contributed by atoms with E-state index in [-0.39, 0.29) is 11.0 Å². The Morgan fingerprint density at radius 1 is 0.939 bits per heavy atom. The highest BCUT2D eigenvalue weighted by atomic mass is 16.5. The zero-order valence-corrected chi connectivity index (χ0v) is 20.5. The Morgan fingerprint density at radius 3 is 2.33 bits per heavy atom. The second-order valence-corrected chi connectivity index (χ2v) is 10.3. The van der Waals surface area contributed by atoms with Crippen LogP contribution in [0.2, 0.25) is 0 Å². The molecule has 0 aliphatic carbocycles. The molecule has 0 saturated carbocycles. The van der Waals surface area contributed by atoms with E-state index in [1.165, 1.54) is 11.1 Å². The second-order valence-electron chi connectivity index (χ2n) is 10.3. The number of nitrogens with one attached hydrogen (secondary N) is 1. The average Bonchev–Trinajstić information content (AvgIpc) is 2.78. The van der Waals surface area contributed by atoms with Crippen molar-refractivity contribution in [3.05, 3.63) is 75.6 Å². The Morgan fingerprint density at radius 2 is 1.64 bits per heavy atom. The first-order chi connectivity index (χ1) is 15.8. The maximum Gasteiger partial charge on any atom is 0.248 e. The van der Waals surface area contributed by atoms with Crippen molar-refractivity contribution in [2.24, 2.45) is 0 Å². The fourth-order valence-electron chi connectivity index (χ4n) is 4.51. The van der Waals surface area contributed by atoms with Crippen molar-refractivity contribution in [2.75, 3.05) is 39.3 Å². The van der Waals surface area contributed by atoms with Crippen molar-refractivity contribution in [1.29, 1.82) is 0 Å². The minimum Gasteiger partial charge on any atom is -0.494 e. The molecule has 0 spiro atoms. The Hall–Kier alpha value is -2.63. The summed E-state index contributed by atoms with van der Waals surface area (Å²) in [6.07, 6.45) is 1.01.